The molecule has 1 N–H and O–H groups in total. The summed E-state index contributed by atoms with van der Waals surface area (Å²) in [4.78, 5) is 13.1. The van der Waals surface area contributed by atoms with Gasteiger partial charge in [-0.3, -0.25) is 4.79 Å². The van der Waals surface area contributed by atoms with Crippen molar-refractivity contribution >= 4 is 10.8 Å². The van der Waals surface area contributed by atoms with E-state index >= 15 is 0 Å². The number of methoxy groups -OCH3 is 2. The van der Waals surface area contributed by atoms with E-state index in [1.165, 1.54) is 11.1 Å². The molecule has 0 saturated heterocycles. The van der Waals surface area contributed by atoms with Crippen molar-refractivity contribution in [3.63, 3.8) is 0 Å². The van der Waals surface area contributed by atoms with Gasteiger partial charge in [-0.05, 0) is 49.8 Å². The fraction of sp³-hybridized carbons (Fsp3) is 0.400. The Morgan fingerprint density at radius 3 is 2.74 bits per heavy atom. The number of ether oxygens (including phenoxy) is 3. The Kier molecular flexibility index (Phi) is 4.79. The highest BCUT2D eigenvalue weighted by molar-refractivity contribution is 5.98. The number of rotatable bonds is 2. The molecular weight excluding hydrogens is 394 g/mol. The van der Waals surface area contributed by atoms with Gasteiger partial charge in [0, 0.05) is 29.3 Å². The molecule has 0 radical (unpaired) electrons. The van der Waals surface area contributed by atoms with Crippen LogP contribution in [-0.2, 0) is 12.0 Å². The molecule has 1 aliphatic carbocycles. The van der Waals surface area contributed by atoms with Crippen LogP contribution in [0.15, 0.2) is 47.3 Å². The molecule has 0 aromatic heterocycles. The zero-order valence-electron chi connectivity index (χ0n) is 18.1. The molecule has 0 saturated carbocycles. The van der Waals surface area contributed by atoms with Crippen molar-refractivity contribution in [1.82, 2.24) is 4.90 Å². The Morgan fingerprint density at radius 1 is 1.16 bits per heavy atom. The Labute approximate surface area is 181 Å². The van der Waals surface area contributed by atoms with Crippen molar-refractivity contribution in [3.8, 4) is 17.2 Å². The first kappa shape index (κ1) is 20.1. The minimum Gasteiger partial charge on any atom is -0.497 e. The maximum atomic E-state index is 10.8. The van der Waals surface area contributed by atoms with Crippen LogP contribution in [0.4, 0.5) is 0 Å². The first-order valence-corrected chi connectivity index (χ1v) is 10.6. The Balaban J connectivity index is 0.000000171. The van der Waals surface area contributed by atoms with Gasteiger partial charge in [-0.2, -0.15) is 0 Å². The van der Waals surface area contributed by atoms with Crippen molar-refractivity contribution in [2.45, 2.75) is 37.0 Å². The van der Waals surface area contributed by atoms with E-state index in [1.54, 1.807) is 32.4 Å². The second-order valence-electron chi connectivity index (χ2n) is 8.67. The number of aliphatic hydroxyl groups is 1. The maximum absolute atomic E-state index is 10.8. The van der Waals surface area contributed by atoms with Crippen molar-refractivity contribution in [3.05, 3.63) is 63.8 Å². The standard InChI is InChI=1S/C17H21NO3.C8H6O2/c1-18-8-7-17-6-5-12(19)9-14(17)21-16-13(20-2)4-3-11(10-18)15(16)17;1-10-5-2-3-6-7(4-5)8(6)9/h3-6,12,14,19H,7-10H2,1-2H3;2-4H,1H3/t12-,14-,17-;/m0./s1. The zero-order valence-corrected chi connectivity index (χ0v) is 18.1. The lowest BCUT2D eigenvalue weighted by molar-refractivity contribution is 0.0821. The molecular formula is C25H27NO5. The van der Waals surface area contributed by atoms with Crippen LogP contribution < -0.4 is 19.6 Å². The zero-order chi connectivity index (χ0) is 21.8. The minimum atomic E-state index is -0.412. The summed E-state index contributed by atoms with van der Waals surface area (Å²) in [5.74, 6) is 2.44. The lowest BCUT2D eigenvalue weighted by Crippen LogP contribution is -2.42. The van der Waals surface area contributed by atoms with Crippen LogP contribution in [0.3, 0.4) is 0 Å². The summed E-state index contributed by atoms with van der Waals surface area (Å²) in [6.45, 7) is 1.96. The van der Waals surface area contributed by atoms with Gasteiger partial charge in [-0.25, -0.2) is 0 Å². The van der Waals surface area contributed by atoms with Crippen LogP contribution in [0, 0.1) is 0 Å². The molecule has 3 aromatic rings. The predicted molar refractivity (Wildman–Crippen MR) is 119 cm³/mol. The Bertz CT molecular complexity index is 1170. The van der Waals surface area contributed by atoms with Crippen molar-refractivity contribution < 1.29 is 19.3 Å². The van der Waals surface area contributed by atoms with Crippen molar-refractivity contribution in [2.24, 2.45) is 0 Å². The smallest absolute Gasteiger partial charge is 0.194 e. The minimum absolute atomic E-state index is 0.00838. The number of fused-ring (bicyclic) bond motifs is 1. The molecule has 162 valence electrons. The highest BCUT2D eigenvalue weighted by Crippen LogP contribution is 2.55. The summed E-state index contributed by atoms with van der Waals surface area (Å²) in [5, 5.41) is 11.6. The molecule has 6 rings (SSSR count). The monoisotopic (exact) mass is 421 g/mol. The lowest BCUT2D eigenvalue weighted by Gasteiger charge is -2.35. The van der Waals surface area contributed by atoms with Gasteiger partial charge in [0.2, 0.25) is 0 Å². The van der Waals surface area contributed by atoms with E-state index < -0.39 is 6.10 Å². The molecule has 0 fully saturated rings. The summed E-state index contributed by atoms with van der Waals surface area (Å²) < 4.78 is 16.7. The SMILES string of the molecule is COc1ccc2c(=O)c2c1.COc1ccc2c3c1O[C@H]1C[C@@H](O)C=C[C@@]31CCN(C)C2. The molecule has 0 amide bonds. The van der Waals surface area contributed by atoms with Gasteiger partial charge in [-0.1, -0.05) is 18.2 Å². The van der Waals surface area contributed by atoms with Gasteiger partial charge in [0.05, 0.1) is 25.7 Å². The highest BCUT2D eigenvalue weighted by atomic mass is 16.5. The topological polar surface area (TPSA) is 68.2 Å². The average molecular weight is 421 g/mol. The van der Waals surface area contributed by atoms with Gasteiger partial charge in [0.25, 0.3) is 0 Å². The molecule has 6 nitrogen and oxygen atoms in total. The molecule has 2 aliphatic heterocycles. The molecule has 31 heavy (non-hydrogen) atoms. The first-order valence-electron chi connectivity index (χ1n) is 10.6. The Morgan fingerprint density at radius 2 is 2.00 bits per heavy atom. The second-order valence-corrected chi connectivity index (χ2v) is 8.67. The van der Waals surface area contributed by atoms with E-state index in [0.717, 1.165) is 47.5 Å². The van der Waals surface area contributed by atoms with E-state index in [4.69, 9.17) is 14.2 Å². The molecule has 3 aromatic carbocycles. The predicted octanol–water partition coefficient (Wildman–Crippen LogP) is 2.93. The van der Waals surface area contributed by atoms with E-state index in [-0.39, 0.29) is 16.9 Å². The van der Waals surface area contributed by atoms with Crippen LogP contribution in [0.25, 0.3) is 10.8 Å². The van der Waals surface area contributed by atoms with E-state index in [9.17, 15) is 9.90 Å². The Hall–Kier alpha value is -2.83. The summed E-state index contributed by atoms with van der Waals surface area (Å²) in [6.07, 6.45) is 5.38. The third-order valence-electron chi connectivity index (χ3n) is 6.80. The summed E-state index contributed by atoms with van der Waals surface area (Å²) in [6, 6.07) is 9.50. The third-order valence-corrected chi connectivity index (χ3v) is 6.80. The van der Waals surface area contributed by atoms with Crippen molar-refractivity contribution in [2.75, 3.05) is 27.8 Å². The maximum Gasteiger partial charge on any atom is 0.194 e. The fourth-order valence-electron chi connectivity index (χ4n) is 5.07. The van der Waals surface area contributed by atoms with Crippen LogP contribution in [-0.4, -0.2) is 50.0 Å². The number of nitrogens with zero attached hydrogens (tertiary/aromatic N) is 1. The van der Waals surface area contributed by atoms with Gasteiger partial charge in [-0.15, -0.1) is 0 Å². The van der Waals surface area contributed by atoms with Gasteiger partial charge >= 0.3 is 0 Å². The second kappa shape index (κ2) is 7.39. The number of benzene rings is 2. The average Bonchev–Trinajstić information content (AvgIpc) is 3.34. The molecule has 6 heteroatoms. The quantitative estimate of drug-likeness (QED) is 0.642. The van der Waals surface area contributed by atoms with E-state index in [0.29, 0.717) is 6.42 Å². The van der Waals surface area contributed by atoms with E-state index in [2.05, 4.69) is 24.1 Å². The van der Waals surface area contributed by atoms with Gasteiger partial charge in [0.15, 0.2) is 16.9 Å². The number of hydrogen-bond donors (Lipinski definition) is 1. The summed E-state index contributed by atoms with van der Waals surface area (Å²) in [7, 11) is 5.43. The van der Waals surface area contributed by atoms with Gasteiger partial charge < -0.3 is 24.2 Å². The normalized spacial score (nSPS) is 26.5. The molecule has 3 aliphatic rings. The highest BCUT2D eigenvalue weighted by Gasteiger charge is 2.52. The summed E-state index contributed by atoms with van der Waals surface area (Å²) >= 11 is 0. The molecule has 2 heterocycles. The largest absolute Gasteiger partial charge is 0.497 e. The van der Waals surface area contributed by atoms with Crippen LogP contribution >= 0.6 is 0 Å². The lowest BCUT2D eigenvalue weighted by atomic mass is 9.69. The number of aliphatic hydroxyl groups excluding tert-OH is 1. The molecule has 1 spiro atoms. The van der Waals surface area contributed by atoms with Gasteiger partial charge in [0.1, 0.15) is 11.9 Å². The van der Waals surface area contributed by atoms with Crippen LogP contribution in [0.2, 0.25) is 0 Å². The summed E-state index contributed by atoms with van der Waals surface area (Å²) in [5.41, 5.74) is 2.64. The van der Waals surface area contributed by atoms with Crippen molar-refractivity contribution in [1.29, 1.82) is 0 Å². The first-order chi connectivity index (χ1) is 15.0. The molecule has 3 atom stereocenters. The van der Waals surface area contributed by atoms with E-state index in [1.807, 2.05) is 12.1 Å². The molecule has 0 bridgehead atoms. The van der Waals surface area contributed by atoms with Crippen LogP contribution in [0.5, 0.6) is 17.2 Å². The molecule has 0 unspecified atom stereocenters. The third kappa shape index (κ3) is 3.22. The van der Waals surface area contributed by atoms with Crippen LogP contribution in [0.1, 0.15) is 24.0 Å². The number of hydrogen-bond acceptors (Lipinski definition) is 6. The fourth-order valence-corrected chi connectivity index (χ4v) is 5.07.